The van der Waals surface area contributed by atoms with E-state index in [9.17, 15) is 4.79 Å². The second kappa shape index (κ2) is 5.38. The van der Waals surface area contributed by atoms with Crippen LogP contribution in [0.2, 0.25) is 0 Å². The molecule has 2 atom stereocenters. The summed E-state index contributed by atoms with van der Waals surface area (Å²) >= 11 is 0. The average molecular weight is 247 g/mol. The van der Waals surface area contributed by atoms with Crippen LogP contribution in [0.25, 0.3) is 0 Å². The van der Waals surface area contributed by atoms with Crippen LogP contribution in [-0.4, -0.2) is 34.9 Å². The molecule has 0 bridgehead atoms. The van der Waals surface area contributed by atoms with Gasteiger partial charge in [-0.15, -0.1) is 0 Å². The first kappa shape index (κ1) is 12.9. The van der Waals surface area contributed by atoms with Crippen LogP contribution in [-0.2, 0) is 0 Å². The van der Waals surface area contributed by atoms with Crippen molar-refractivity contribution in [3.8, 4) is 0 Å². The minimum Gasteiger partial charge on any atom is -0.386 e. The van der Waals surface area contributed by atoms with Gasteiger partial charge in [0.1, 0.15) is 0 Å². The lowest BCUT2D eigenvalue weighted by molar-refractivity contribution is 0.0511. The molecule has 4 heteroatoms. The second-order valence-corrected chi connectivity index (χ2v) is 5.01. The van der Waals surface area contributed by atoms with Crippen LogP contribution in [0.1, 0.15) is 43.5 Å². The fourth-order valence-corrected chi connectivity index (χ4v) is 2.74. The van der Waals surface area contributed by atoms with Crippen LogP contribution >= 0.6 is 0 Å². The lowest BCUT2D eigenvalue weighted by atomic mass is 9.96. The van der Waals surface area contributed by atoms with E-state index < -0.39 is 0 Å². The largest absolute Gasteiger partial charge is 0.386 e. The number of rotatable bonds is 2. The molecule has 4 nitrogen and oxygen atoms in total. The van der Waals surface area contributed by atoms with Gasteiger partial charge in [-0.3, -0.25) is 9.78 Å². The molecule has 1 fully saturated rings. The van der Waals surface area contributed by atoms with E-state index in [-0.39, 0.29) is 5.91 Å². The maximum absolute atomic E-state index is 12.7. The molecule has 1 aromatic rings. The molecule has 1 aliphatic heterocycles. The van der Waals surface area contributed by atoms with E-state index in [1.54, 1.807) is 18.5 Å². The molecule has 2 rings (SSSR count). The summed E-state index contributed by atoms with van der Waals surface area (Å²) in [5.74, 6) is 0.112. The molecule has 0 aromatic carbocycles. The predicted octanol–water partition coefficient (Wildman–Crippen LogP) is 2.53. The minimum absolute atomic E-state index is 0.112. The topological polar surface area (TPSA) is 45.2 Å². The summed E-state index contributed by atoms with van der Waals surface area (Å²) in [6.45, 7) is 4.27. The maximum atomic E-state index is 12.7. The molecule has 1 aromatic heterocycles. The van der Waals surface area contributed by atoms with Crippen LogP contribution in [0.4, 0.5) is 5.69 Å². The maximum Gasteiger partial charge on any atom is 0.256 e. The standard InChI is InChI=1S/C14H21N3O/c1-10-5-4-6-11(2)17(10)14(18)12-7-8-16-9-13(12)15-3/h7-11,15H,4-6H2,1-3H3. The highest BCUT2D eigenvalue weighted by atomic mass is 16.2. The first-order valence-corrected chi connectivity index (χ1v) is 6.59. The molecular formula is C14H21N3O. The molecule has 2 unspecified atom stereocenters. The number of carbonyl (C=O) groups excluding carboxylic acids is 1. The lowest BCUT2D eigenvalue weighted by Gasteiger charge is -2.39. The zero-order chi connectivity index (χ0) is 13.1. The van der Waals surface area contributed by atoms with Gasteiger partial charge in [0.05, 0.1) is 17.4 Å². The van der Waals surface area contributed by atoms with Crippen molar-refractivity contribution in [2.45, 2.75) is 45.2 Å². The van der Waals surface area contributed by atoms with E-state index in [1.807, 2.05) is 11.9 Å². The smallest absolute Gasteiger partial charge is 0.256 e. The third kappa shape index (κ3) is 2.33. The number of hydrogen-bond acceptors (Lipinski definition) is 3. The Kier molecular flexibility index (Phi) is 3.84. The van der Waals surface area contributed by atoms with Crippen molar-refractivity contribution >= 4 is 11.6 Å². The Morgan fingerprint density at radius 2 is 2.06 bits per heavy atom. The van der Waals surface area contributed by atoms with Crippen LogP contribution in [0, 0.1) is 0 Å². The van der Waals surface area contributed by atoms with Crippen molar-refractivity contribution < 1.29 is 4.79 Å². The summed E-state index contributed by atoms with van der Waals surface area (Å²) in [5, 5.41) is 3.04. The highest BCUT2D eigenvalue weighted by Crippen LogP contribution is 2.26. The van der Waals surface area contributed by atoms with Crippen LogP contribution < -0.4 is 5.32 Å². The Hall–Kier alpha value is -1.58. The number of likely N-dealkylation sites (tertiary alicyclic amines) is 1. The van der Waals surface area contributed by atoms with Gasteiger partial charge in [-0.25, -0.2) is 0 Å². The van der Waals surface area contributed by atoms with E-state index in [4.69, 9.17) is 0 Å². The molecule has 1 N–H and O–H groups in total. The molecule has 1 amide bonds. The summed E-state index contributed by atoms with van der Waals surface area (Å²) < 4.78 is 0. The van der Waals surface area contributed by atoms with Gasteiger partial charge in [0, 0.05) is 25.3 Å². The van der Waals surface area contributed by atoms with Crippen molar-refractivity contribution in [1.29, 1.82) is 0 Å². The van der Waals surface area contributed by atoms with Crippen LogP contribution in [0.5, 0.6) is 0 Å². The normalized spacial score (nSPS) is 23.8. The number of anilines is 1. The molecular weight excluding hydrogens is 226 g/mol. The lowest BCUT2D eigenvalue weighted by Crippen LogP contribution is -2.47. The SMILES string of the molecule is CNc1cnccc1C(=O)N1C(C)CCCC1C. The fraction of sp³-hybridized carbons (Fsp3) is 0.571. The van der Waals surface area contributed by atoms with Gasteiger partial charge < -0.3 is 10.2 Å². The number of nitrogens with zero attached hydrogens (tertiary/aromatic N) is 2. The van der Waals surface area contributed by atoms with Gasteiger partial charge in [-0.05, 0) is 39.2 Å². The molecule has 0 saturated carbocycles. The zero-order valence-electron chi connectivity index (χ0n) is 11.3. The predicted molar refractivity (Wildman–Crippen MR) is 72.7 cm³/mol. The highest BCUT2D eigenvalue weighted by Gasteiger charge is 2.30. The van der Waals surface area contributed by atoms with Gasteiger partial charge in [0.2, 0.25) is 0 Å². The van der Waals surface area contributed by atoms with E-state index >= 15 is 0 Å². The molecule has 0 radical (unpaired) electrons. The Bertz CT molecular complexity index is 423. The Morgan fingerprint density at radius 1 is 1.39 bits per heavy atom. The number of pyridine rings is 1. The van der Waals surface area contributed by atoms with Crippen molar-refractivity contribution in [2.24, 2.45) is 0 Å². The first-order valence-electron chi connectivity index (χ1n) is 6.59. The second-order valence-electron chi connectivity index (χ2n) is 5.01. The fourth-order valence-electron chi connectivity index (χ4n) is 2.74. The van der Waals surface area contributed by atoms with E-state index in [1.165, 1.54) is 6.42 Å². The number of aromatic nitrogens is 1. The van der Waals surface area contributed by atoms with Gasteiger partial charge in [-0.1, -0.05) is 0 Å². The Morgan fingerprint density at radius 3 is 2.67 bits per heavy atom. The number of carbonyl (C=O) groups is 1. The van der Waals surface area contributed by atoms with E-state index in [0.29, 0.717) is 17.6 Å². The van der Waals surface area contributed by atoms with E-state index in [0.717, 1.165) is 18.5 Å². The summed E-state index contributed by atoms with van der Waals surface area (Å²) in [5.41, 5.74) is 1.51. The first-order chi connectivity index (χ1) is 8.65. The van der Waals surface area contributed by atoms with E-state index in [2.05, 4.69) is 24.1 Å². The van der Waals surface area contributed by atoms with Crippen LogP contribution in [0.15, 0.2) is 18.5 Å². The average Bonchev–Trinajstić information content (AvgIpc) is 2.38. The van der Waals surface area contributed by atoms with Crippen molar-refractivity contribution in [3.63, 3.8) is 0 Å². The number of piperidine rings is 1. The molecule has 1 aliphatic rings. The Balaban J connectivity index is 2.29. The summed E-state index contributed by atoms with van der Waals surface area (Å²) in [7, 11) is 1.82. The molecule has 1 saturated heterocycles. The number of nitrogens with one attached hydrogen (secondary N) is 1. The monoisotopic (exact) mass is 247 g/mol. The number of hydrogen-bond donors (Lipinski definition) is 1. The summed E-state index contributed by atoms with van der Waals surface area (Å²) in [6.07, 6.45) is 6.77. The molecule has 98 valence electrons. The molecule has 2 heterocycles. The Labute approximate surface area is 108 Å². The third-order valence-corrected chi connectivity index (χ3v) is 3.75. The quantitative estimate of drug-likeness (QED) is 0.873. The van der Waals surface area contributed by atoms with Gasteiger partial charge in [0.25, 0.3) is 5.91 Å². The highest BCUT2D eigenvalue weighted by molar-refractivity contribution is 5.99. The number of amides is 1. The summed E-state index contributed by atoms with van der Waals surface area (Å²) in [4.78, 5) is 18.7. The molecule has 18 heavy (non-hydrogen) atoms. The van der Waals surface area contributed by atoms with Crippen molar-refractivity contribution in [1.82, 2.24) is 9.88 Å². The zero-order valence-corrected chi connectivity index (χ0v) is 11.3. The van der Waals surface area contributed by atoms with Crippen molar-refractivity contribution in [3.05, 3.63) is 24.0 Å². The molecule has 0 aliphatic carbocycles. The van der Waals surface area contributed by atoms with Gasteiger partial charge in [0.15, 0.2) is 0 Å². The van der Waals surface area contributed by atoms with Crippen molar-refractivity contribution in [2.75, 3.05) is 12.4 Å². The summed E-state index contributed by atoms with van der Waals surface area (Å²) in [6, 6.07) is 2.43. The molecule has 0 spiro atoms. The van der Waals surface area contributed by atoms with Gasteiger partial charge in [-0.2, -0.15) is 0 Å². The van der Waals surface area contributed by atoms with Crippen LogP contribution in [0.3, 0.4) is 0 Å². The third-order valence-electron chi connectivity index (χ3n) is 3.75. The minimum atomic E-state index is 0.112. The van der Waals surface area contributed by atoms with Gasteiger partial charge >= 0.3 is 0 Å².